The number of rotatable bonds is 3. The Bertz CT molecular complexity index is 1010. The van der Waals surface area contributed by atoms with Gasteiger partial charge < -0.3 is 14.7 Å². The molecule has 3 amide bonds. The third-order valence-corrected chi connectivity index (χ3v) is 5.63. The average molecular weight is 423 g/mol. The lowest BCUT2D eigenvalue weighted by atomic mass is 9.98. The molecule has 160 valence electrons. The number of hydrogen-bond donors (Lipinski definition) is 3. The number of nitrogens with one attached hydrogen (secondary N) is 2. The first-order valence-electron chi connectivity index (χ1n) is 9.92. The van der Waals surface area contributed by atoms with Crippen molar-refractivity contribution in [3.05, 3.63) is 59.7 Å². The van der Waals surface area contributed by atoms with Gasteiger partial charge in [-0.2, -0.15) is 0 Å². The zero-order valence-electron chi connectivity index (χ0n) is 16.5. The van der Waals surface area contributed by atoms with E-state index >= 15 is 0 Å². The molecule has 0 bridgehead atoms. The minimum atomic E-state index is -1.62. The van der Waals surface area contributed by atoms with Gasteiger partial charge in [0.05, 0.1) is 0 Å². The van der Waals surface area contributed by atoms with Crippen LogP contribution in [0.15, 0.2) is 48.5 Å². The maximum absolute atomic E-state index is 12.3. The van der Waals surface area contributed by atoms with Gasteiger partial charge in [-0.1, -0.05) is 48.5 Å². The molecule has 9 heteroatoms. The second kappa shape index (κ2) is 8.47. The highest BCUT2D eigenvalue weighted by molar-refractivity contribution is 6.32. The number of hydrogen-bond acceptors (Lipinski definition) is 5. The summed E-state index contributed by atoms with van der Waals surface area (Å²) in [4.78, 5) is 48.0. The molecule has 0 spiro atoms. The molecule has 1 aliphatic carbocycles. The molecule has 0 aromatic heterocycles. The van der Waals surface area contributed by atoms with Crippen molar-refractivity contribution in [3.8, 4) is 11.1 Å². The summed E-state index contributed by atoms with van der Waals surface area (Å²) >= 11 is 0. The topological polar surface area (TPSA) is 125 Å². The summed E-state index contributed by atoms with van der Waals surface area (Å²) in [6.07, 6.45) is -0.0245. The van der Waals surface area contributed by atoms with Gasteiger partial charge in [-0.25, -0.2) is 15.0 Å². The van der Waals surface area contributed by atoms with Crippen LogP contribution in [0.25, 0.3) is 11.1 Å². The Morgan fingerprint density at radius 2 is 1.58 bits per heavy atom. The molecule has 31 heavy (non-hydrogen) atoms. The van der Waals surface area contributed by atoms with Gasteiger partial charge in [-0.3, -0.25) is 15.0 Å². The number of carboxylic acids is 1. The smallest absolute Gasteiger partial charge is 0.426 e. The van der Waals surface area contributed by atoms with Gasteiger partial charge in [0.1, 0.15) is 12.6 Å². The van der Waals surface area contributed by atoms with E-state index in [0.717, 1.165) is 27.2 Å². The van der Waals surface area contributed by atoms with Gasteiger partial charge in [0.25, 0.3) is 5.91 Å². The average Bonchev–Trinajstić information content (AvgIpc) is 3.39. The van der Waals surface area contributed by atoms with Crippen molar-refractivity contribution in [2.75, 3.05) is 13.2 Å². The number of likely N-dealkylation sites (tertiary alicyclic amines) is 1. The molecule has 2 aromatic carbocycles. The van der Waals surface area contributed by atoms with Gasteiger partial charge in [0.15, 0.2) is 0 Å². The highest BCUT2D eigenvalue weighted by atomic mass is 16.6. The van der Waals surface area contributed by atoms with Crippen LogP contribution in [-0.2, 0) is 19.1 Å². The largest absolute Gasteiger partial charge is 0.474 e. The Labute approximate surface area is 178 Å². The van der Waals surface area contributed by atoms with Crippen LogP contribution in [0.1, 0.15) is 29.9 Å². The lowest BCUT2D eigenvalue weighted by molar-refractivity contribution is -0.157. The Morgan fingerprint density at radius 3 is 2.19 bits per heavy atom. The molecule has 1 heterocycles. The number of carbonyl (C=O) groups excluding carboxylic acids is 3. The summed E-state index contributed by atoms with van der Waals surface area (Å²) in [7, 11) is 0. The molecule has 1 aliphatic heterocycles. The molecular formula is C22H21N3O6. The first kappa shape index (κ1) is 20.4. The maximum Gasteiger partial charge on any atom is 0.426 e. The number of benzene rings is 2. The molecule has 0 radical (unpaired) electrons. The van der Waals surface area contributed by atoms with Crippen molar-refractivity contribution in [2.45, 2.75) is 24.8 Å². The van der Waals surface area contributed by atoms with Crippen LogP contribution in [0.5, 0.6) is 0 Å². The van der Waals surface area contributed by atoms with E-state index in [2.05, 4.69) is 10.9 Å². The second-order valence-corrected chi connectivity index (χ2v) is 7.40. The molecule has 4 rings (SSSR count). The van der Waals surface area contributed by atoms with Crippen molar-refractivity contribution < 1.29 is 29.0 Å². The number of ether oxygens (including phenoxy) is 1. The molecule has 1 saturated heterocycles. The Balaban J connectivity index is 1.34. The number of aliphatic carboxylic acids is 1. The standard InChI is InChI=1S/C22H21N3O6/c26-19(18-10-5-11-25(18)20(27)21(28)29)23-24-22(30)31-12-17-15-8-3-1-6-13(15)14-7-2-4-9-16(14)17/h1-4,6-9,17-18H,5,10-12H2,(H,23,26)(H,24,30)(H,28,29). The molecular weight excluding hydrogens is 402 g/mol. The van der Waals surface area contributed by atoms with E-state index in [1.165, 1.54) is 0 Å². The van der Waals surface area contributed by atoms with Crippen LogP contribution in [0.2, 0.25) is 0 Å². The Hall–Kier alpha value is -3.88. The van der Waals surface area contributed by atoms with E-state index in [9.17, 15) is 19.2 Å². The van der Waals surface area contributed by atoms with Crippen LogP contribution in [0.4, 0.5) is 4.79 Å². The van der Waals surface area contributed by atoms with E-state index in [0.29, 0.717) is 12.8 Å². The highest BCUT2D eigenvalue weighted by Crippen LogP contribution is 2.44. The predicted octanol–water partition coefficient (Wildman–Crippen LogP) is 1.63. The fraction of sp³-hybridized carbons (Fsp3) is 0.273. The van der Waals surface area contributed by atoms with Crippen LogP contribution < -0.4 is 10.9 Å². The molecule has 9 nitrogen and oxygen atoms in total. The summed E-state index contributed by atoms with van der Waals surface area (Å²) in [5.74, 6) is -3.55. The SMILES string of the molecule is O=C(NNC(=O)C1CCCN1C(=O)C(=O)O)OCC1c2ccccc2-c2ccccc21. The van der Waals surface area contributed by atoms with Crippen LogP contribution in [0, 0.1) is 0 Å². The number of nitrogens with zero attached hydrogens (tertiary/aromatic N) is 1. The van der Waals surface area contributed by atoms with Gasteiger partial charge >= 0.3 is 18.0 Å². The first-order valence-corrected chi connectivity index (χ1v) is 9.92. The Kier molecular flexibility index (Phi) is 5.57. The molecule has 2 aromatic rings. The number of amides is 3. The third kappa shape index (κ3) is 3.94. The van der Waals surface area contributed by atoms with Crippen LogP contribution >= 0.6 is 0 Å². The van der Waals surface area contributed by atoms with E-state index in [4.69, 9.17) is 9.84 Å². The van der Waals surface area contributed by atoms with Crippen molar-refractivity contribution in [3.63, 3.8) is 0 Å². The van der Waals surface area contributed by atoms with E-state index in [1.54, 1.807) is 0 Å². The predicted molar refractivity (Wildman–Crippen MR) is 109 cm³/mol. The molecule has 1 unspecified atom stereocenters. The van der Waals surface area contributed by atoms with Crippen molar-refractivity contribution >= 4 is 23.9 Å². The molecule has 1 fully saturated rings. The number of carbonyl (C=O) groups is 4. The first-order chi connectivity index (χ1) is 15.0. The number of fused-ring (bicyclic) bond motifs is 3. The number of hydrazine groups is 1. The van der Waals surface area contributed by atoms with Gasteiger partial charge in [-0.15, -0.1) is 0 Å². The van der Waals surface area contributed by atoms with Crippen molar-refractivity contribution in [2.24, 2.45) is 0 Å². The van der Waals surface area contributed by atoms with Crippen molar-refractivity contribution in [1.82, 2.24) is 15.8 Å². The minimum absolute atomic E-state index is 0.0861. The molecule has 1 atom stereocenters. The Morgan fingerprint density at radius 1 is 0.968 bits per heavy atom. The zero-order valence-corrected chi connectivity index (χ0v) is 16.5. The monoisotopic (exact) mass is 423 g/mol. The summed E-state index contributed by atoms with van der Waals surface area (Å²) in [6.45, 7) is 0.261. The van der Waals surface area contributed by atoms with Gasteiger partial charge in [0.2, 0.25) is 0 Å². The van der Waals surface area contributed by atoms with E-state index < -0.39 is 29.9 Å². The fourth-order valence-electron chi connectivity index (χ4n) is 4.24. The number of carboxylic acid groups (broad SMARTS) is 1. The molecule has 2 aliphatic rings. The minimum Gasteiger partial charge on any atom is -0.474 e. The zero-order chi connectivity index (χ0) is 22.0. The normalized spacial score (nSPS) is 16.9. The summed E-state index contributed by atoms with van der Waals surface area (Å²) in [5, 5.41) is 8.86. The lowest BCUT2D eigenvalue weighted by Crippen LogP contribution is -2.52. The third-order valence-electron chi connectivity index (χ3n) is 5.63. The van der Waals surface area contributed by atoms with E-state index in [-0.39, 0.29) is 19.1 Å². The molecule has 0 saturated carbocycles. The van der Waals surface area contributed by atoms with Gasteiger partial charge in [0, 0.05) is 12.5 Å². The second-order valence-electron chi connectivity index (χ2n) is 7.40. The molecule has 3 N–H and O–H groups in total. The lowest BCUT2D eigenvalue weighted by Gasteiger charge is -2.22. The summed E-state index contributed by atoms with van der Waals surface area (Å²) in [5.41, 5.74) is 8.72. The summed E-state index contributed by atoms with van der Waals surface area (Å²) in [6, 6.07) is 14.9. The quantitative estimate of drug-likeness (QED) is 0.509. The van der Waals surface area contributed by atoms with Crippen LogP contribution in [-0.4, -0.2) is 53.1 Å². The van der Waals surface area contributed by atoms with Crippen molar-refractivity contribution in [1.29, 1.82) is 0 Å². The highest BCUT2D eigenvalue weighted by Gasteiger charge is 2.37. The van der Waals surface area contributed by atoms with E-state index in [1.807, 2.05) is 48.5 Å². The maximum atomic E-state index is 12.3. The van der Waals surface area contributed by atoms with Gasteiger partial charge in [-0.05, 0) is 35.1 Å². The van der Waals surface area contributed by atoms with Crippen LogP contribution in [0.3, 0.4) is 0 Å². The fourth-order valence-corrected chi connectivity index (χ4v) is 4.24. The summed E-state index contributed by atoms with van der Waals surface area (Å²) < 4.78 is 5.33.